The van der Waals surface area contributed by atoms with E-state index in [-0.39, 0.29) is 0 Å². The summed E-state index contributed by atoms with van der Waals surface area (Å²) in [6.07, 6.45) is 6.47. The molecule has 2 heterocycles. The number of fused-ring (bicyclic) bond motifs is 3. The van der Waals surface area contributed by atoms with Crippen LogP contribution in [0.3, 0.4) is 0 Å². The summed E-state index contributed by atoms with van der Waals surface area (Å²) in [5.41, 5.74) is 1.12. The van der Waals surface area contributed by atoms with E-state index in [1.54, 1.807) is 6.33 Å². The van der Waals surface area contributed by atoms with Gasteiger partial charge in [-0.25, -0.2) is 0 Å². The molecule has 3 rings (SSSR count). The van der Waals surface area contributed by atoms with Crippen LogP contribution in [0.15, 0.2) is 30.6 Å². The maximum Gasteiger partial charge on any atom is 0.257 e. The molecule has 0 radical (unpaired) electrons. The quantitative estimate of drug-likeness (QED) is 0.667. The van der Waals surface area contributed by atoms with Crippen molar-refractivity contribution in [3.05, 3.63) is 30.6 Å². The van der Waals surface area contributed by atoms with E-state index in [0.29, 0.717) is 5.78 Å². The first-order valence-corrected chi connectivity index (χ1v) is 8.18. The van der Waals surface area contributed by atoms with Gasteiger partial charge in [0.1, 0.15) is 12.1 Å². The fourth-order valence-corrected chi connectivity index (χ4v) is 2.77. The Morgan fingerprint density at radius 3 is 2.50 bits per heavy atom. The molecule has 0 spiro atoms. The van der Waals surface area contributed by atoms with Crippen LogP contribution < -0.4 is 4.90 Å². The maximum absolute atomic E-state index is 4.78. The van der Waals surface area contributed by atoms with E-state index >= 15 is 0 Å². The Kier molecular flexibility index (Phi) is 4.51. The van der Waals surface area contributed by atoms with Gasteiger partial charge in [0.2, 0.25) is 0 Å². The summed E-state index contributed by atoms with van der Waals surface area (Å²) in [5.74, 6) is 1.71. The van der Waals surface area contributed by atoms with Crippen LogP contribution in [-0.2, 0) is 0 Å². The second-order valence-electron chi connectivity index (χ2n) is 5.65. The van der Waals surface area contributed by atoms with Crippen LogP contribution in [0.1, 0.15) is 39.5 Å². The van der Waals surface area contributed by atoms with Crippen molar-refractivity contribution < 1.29 is 0 Å². The normalized spacial score (nSPS) is 11.4. The fraction of sp³-hybridized carbons (Fsp3) is 0.471. The number of hydrogen-bond acceptors (Lipinski definition) is 4. The number of unbranched alkanes of at least 4 members (excludes halogenated alkanes) is 2. The Hall–Kier alpha value is -2.17. The van der Waals surface area contributed by atoms with E-state index in [0.717, 1.165) is 24.4 Å². The highest BCUT2D eigenvalue weighted by Crippen LogP contribution is 2.26. The molecule has 3 aromatic rings. The van der Waals surface area contributed by atoms with Crippen LogP contribution in [0.25, 0.3) is 16.7 Å². The maximum atomic E-state index is 4.78. The summed E-state index contributed by atoms with van der Waals surface area (Å²) in [4.78, 5) is 7.19. The van der Waals surface area contributed by atoms with Gasteiger partial charge in [0.05, 0.1) is 5.52 Å². The highest BCUT2D eigenvalue weighted by molar-refractivity contribution is 5.91. The molecule has 5 heteroatoms. The Morgan fingerprint density at radius 1 is 1.05 bits per heavy atom. The lowest BCUT2D eigenvalue weighted by atomic mass is 10.2. The monoisotopic (exact) mass is 297 g/mol. The number of rotatable bonds is 7. The van der Waals surface area contributed by atoms with E-state index in [2.05, 4.69) is 47.1 Å². The molecule has 0 bridgehead atoms. The molecule has 0 aliphatic heterocycles. The van der Waals surface area contributed by atoms with Gasteiger partial charge in [-0.05, 0) is 25.0 Å². The molecule has 0 saturated heterocycles. The van der Waals surface area contributed by atoms with Gasteiger partial charge >= 0.3 is 0 Å². The minimum Gasteiger partial charge on any atom is -0.356 e. The van der Waals surface area contributed by atoms with Crippen molar-refractivity contribution in [1.82, 2.24) is 19.6 Å². The lowest BCUT2D eigenvalue weighted by molar-refractivity contribution is 0.673. The predicted octanol–water partition coefficient (Wildman–Crippen LogP) is 3.68. The first kappa shape index (κ1) is 14.8. The average molecular weight is 297 g/mol. The summed E-state index contributed by atoms with van der Waals surface area (Å²) in [6, 6.07) is 8.37. The van der Waals surface area contributed by atoms with Crippen molar-refractivity contribution in [2.45, 2.75) is 39.5 Å². The second-order valence-corrected chi connectivity index (χ2v) is 5.65. The molecule has 2 aromatic heterocycles. The topological polar surface area (TPSA) is 46.3 Å². The van der Waals surface area contributed by atoms with Gasteiger partial charge in [-0.1, -0.05) is 38.8 Å². The lowest BCUT2D eigenvalue weighted by Gasteiger charge is -2.25. The largest absolute Gasteiger partial charge is 0.356 e. The predicted molar refractivity (Wildman–Crippen MR) is 90.3 cm³/mol. The molecule has 5 nitrogen and oxygen atoms in total. The molecule has 0 N–H and O–H groups in total. The molecule has 1 aromatic carbocycles. The number of para-hydroxylation sites is 1. The zero-order valence-electron chi connectivity index (χ0n) is 13.4. The molecule has 0 aliphatic rings. The third-order valence-electron chi connectivity index (χ3n) is 4.00. The summed E-state index contributed by atoms with van der Waals surface area (Å²) in [7, 11) is 0. The van der Waals surface area contributed by atoms with E-state index in [1.807, 2.05) is 10.5 Å². The SMILES string of the molecule is CCCCN(CCCC)c1nc2nncn2c2ccccc12. The minimum absolute atomic E-state index is 0.673. The van der Waals surface area contributed by atoms with Crippen LogP contribution in [0.4, 0.5) is 5.82 Å². The Balaban J connectivity index is 2.11. The average Bonchev–Trinajstić information content (AvgIpc) is 3.03. The standard InChI is InChI=1S/C17H23N5/c1-3-5-11-21(12-6-4-2)16-14-9-7-8-10-15(14)22-13-18-20-17(22)19-16/h7-10,13H,3-6,11-12H2,1-2H3. The van der Waals surface area contributed by atoms with Gasteiger partial charge in [0, 0.05) is 18.5 Å². The van der Waals surface area contributed by atoms with Gasteiger partial charge in [0.25, 0.3) is 5.78 Å². The van der Waals surface area contributed by atoms with E-state index in [9.17, 15) is 0 Å². The molecule has 22 heavy (non-hydrogen) atoms. The van der Waals surface area contributed by atoms with Crippen molar-refractivity contribution in [3.8, 4) is 0 Å². The molecule has 0 unspecified atom stereocenters. The summed E-state index contributed by atoms with van der Waals surface area (Å²) >= 11 is 0. The first-order valence-electron chi connectivity index (χ1n) is 8.18. The molecule has 0 amide bonds. The molecular formula is C17H23N5. The number of nitrogens with zero attached hydrogens (tertiary/aromatic N) is 5. The molecule has 0 aliphatic carbocycles. The molecule has 0 atom stereocenters. The fourth-order valence-electron chi connectivity index (χ4n) is 2.77. The number of benzene rings is 1. The van der Waals surface area contributed by atoms with Gasteiger partial charge in [-0.3, -0.25) is 4.40 Å². The van der Waals surface area contributed by atoms with Crippen molar-refractivity contribution in [3.63, 3.8) is 0 Å². The summed E-state index contributed by atoms with van der Waals surface area (Å²) in [6.45, 7) is 6.53. The van der Waals surface area contributed by atoms with Crippen LogP contribution in [0.2, 0.25) is 0 Å². The van der Waals surface area contributed by atoms with E-state index in [4.69, 9.17) is 4.98 Å². The second kappa shape index (κ2) is 6.73. The lowest BCUT2D eigenvalue weighted by Crippen LogP contribution is -2.27. The third-order valence-corrected chi connectivity index (χ3v) is 4.00. The molecule has 0 fully saturated rings. The van der Waals surface area contributed by atoms with Crippen LogP contribution >= 0.6 is 0 Å². The van der Waals surface area contributed by atoms with Gasteiger partial charge in [-0.2, -0.15) is 4.98 Å². The zero-order chi connectivity index (χ0) is 15.4. The van der Waals surface area contributed by atoms with Crippen molar-refractivity contribution in [2.75, 3.05) is 18.0 Å². The highest BCUT2D eigenvalue weighted by Gasteiger charge is 2.14. The van der Waals surface area contributed by atoms with Crippen molar-refractivity contribution in [1.29, 1.82) is 0 Å². The van der Waals surface area contributed by atoms with Crippen LogP contribution in [0, 0.1) is 0 Å². The minimum atomic E-state index is 0.673. The van der Waals surface area contributed by atoms with Crippen LogP contribution in [-0.4, -0.2) is 32.7 Å². The smallest absolute Gasteiger partial charge is 0.257 e. The molecule has 116 valence electrons. The van der Waals surface area contributed by atoms with Gasteiger partial charge in [0.15, 0.2) is 0 Å². The summed E-state index contributed by atoms with van der Waals surface area (Å²) < 4.78 is 1.96. The van der Waals surface area contributed by atoms with Crippen molar-refractivity contribution >= 4 is 22.5 Å². The highest BCUT2D eigenvalue weighted by atomic mass is 15.3. The zero-order valence-corrected chi connectivity index (χ0v) is 13.4. The first-order chi connectivity index (χ1) is 10.8. The Morgan fingerprint density at radius 2 is 1.77 bits per heavy atom. The number of aromatic nitrogens is 4. The molecule has 0 saturated carbocycles. The molecular weight excluding hydrogens is 274 g/mol. The Labute approximate surface area is 131 Å². The number of anilines is 1. The number of hydrogen-bond donors (Lipinski definition) is 0. The van der Waals surface area contributed by atoms with Crippen molar-refractivity contribution in [2.24, 2.45) is 0 Å². The van der Waals surface area contributed by atoms with Crippen LogP contribution in [0.5, 0.6) is 0 Å². The van der Waals surface area contributed by atoms with E-state index < -0.39 is 0 Å². The van der Waals surface area contributed by atoms with Gasteiger partial charge in [-0.15, -0.1) is 10.2 Å². The third kappa shape index (κ3) is 2.75. The Bertz CT molecular complexity index is 741. The van der Waals surface area contributed by atoms with E-state index in [1.165, 1.54) is 31.1 Å². The summed E-state index contributed by atoms with van der Waals surface area (Å²) in [5, 5.41) is 9.32. The van der Waals surface area contributed by atoms with Gasteiger partial charge < -0.3 is 4.90 Å².